The summed E-state index contributed by atoms with van der Waals surface area (Å²) in [6, 6.07) is 9.34. The highest BCUT2D eigenvalue weighted by molar-refractivity contribution is 7.89. The molecule has 2 aromatic heterocycles. The topological polar surface area (TPSA) is 117 Å². The van der Waals surface area contributed by atoms with E-state index in [2.05, 4.69) is 21.4 Å². The molecule has 44 heavy (non-hydrogen) atoms. The number of halogens is 2. The number of hydrogen-bond donors (Lipinski definition) is 0. The van der Waals surface area contributed by atoms with Gasteiger partial charge < -0.3 is 9.47 Å². The lowest BCUT2D eigenvalue weighted by molar-refractivity contribution is -0.143. The molecule has 3 heterocycles. The molecule has 1 unspecified atom stereocenters. The third kappa shape index (κ3) is 5.66. The Hall–Kier alpha value is -3.25. The van der Waals surface area contributed by atoms with Crippen LogP contribution in [0.4, 0.5) is 0 Å². The Labute approximate surface area is 266 Å². The lowest BCUT2D eigenvalue weighted by Crippen LogP contribution is -2.36. The number of esters is 1. The molecule has 4 aromatic rings. The van der Waals surface area contributed by atoms with E-state index in [4.69, 9.17) is 32.7 Å². The Kier molecular flexibility index (Phi) is 8.58. The third-order valence-corrected chi connectivity index (χ3v) is 10.8. The molecular weight excluding hydrogens is 625 g/mol. The van der Waals surface area contributed by atoms with E-state index in [9.17, 15) is 13.2 Å². The van der Waals surface area contributed by atoms with Crippen LogP contribution < -0.4 is 4.74 Å². The fraction of sp³-hybridized carbons (Fsp3) is 0.419. The fourth-order valence-corrected chi connectivity index (χ4v) is 8.31. The van der Waals surface area contributed by atoms with E-state index in [1.54, 1.807) is 18.7 Å². The second-order valence-electron chi connectivity index (χ2n) is 11.2. The average Bonchev–Trinajstić information content (AvgIpc) is 3.61. The van der Waals surface area contributed by atoms with Gasteiger partial charge in [-0.1, -0.05) is 53.5 Å². The number of carbonyl (C=O) groups excluding carboxylic acids is 1. The monoisotopic (exact) mass is 657 g/mol. The molecule has 6 rings (SSSR count). The maximum atomic E-state index is 14.0. The number of rotatable bonds is 8. The van der Waals surface area contributed by atoms with Gasteiger partial charge in [0, 0.05) is 25.7 Å². The number of nitrogens with zero attached hydrogens (tertiary/aromatic N) is 5. The van der Waals surface area contributed by atoms with Gasteiger partial charge in [-0.2, -0.15) is 4.31 Å². The minimum Gasteiger partial charge on any atom is -0.472 e. The molecule has 2 atom stereocenters. The van der Waals surface area contributed by atoms with Crippen molar-refractivity contribution in [2.75, 3.05) is 13.2 Å². The Morgan fingerprint density at radius 3 is 2.77 bits per heavy atom. The molecule has 1 aliphatic heterocycles. The molecule has 13 heteroatoms. The number of sulfonamides is 1. The van der Waals surface area contributed by atoms with Crippen LogP contribution in [-0.4, -0.2) is 57.9 Å². The molecule has 232 valence electrons. The SMILES string of the molecule is CCOC(=O)CC(c1cc2c(c(CN3C[C@@H](CC)Oc4ncc(Cl)cc4S3(=O)=O)c1)CCC2)c1ccc2c(nnn2C)c1Cl. The van der Waals surface area contributed by atoms with Crippen molar-refractivity contribution >= 4 is 50.2 Å². The lowest BCUT2D eigenvalue weighted by Gasteiger charge is -2.25. The van der Waals surface area contributed by atoms with Gasteiger partial charge in [0.25, 0.3) is 0 Å². The van der Waals surface area contributed by atoms with Crippen molar-refractivity contribution in [2.24, 2.45) is 7.05 Å². The van der Waals surface area contributed by atoms with Gasteiger partial charge in [-0.25, -0.2) is 18.1 Å². The van der Waals surface area contributed by atoms with Crippen LogP contribution in [0.5, 0.6) is 5.88 Å². The van der Waals surface area contributed by atoms with Crippen molar-refractivity contribution in [3.8, 4) is 5.88 Å². The highest BCUT2D eigenvalue weighted by Crippen LogP contribution is 2.40. The largest absolute Gasteiger partial charge is 0.472 e. The van der Waals surface area contributed by atoms with Crippen LogP contribution in [0.1, 0.15) is 66.8 Å². The van der Waals surface area contributed by atoms with Crippen molar-refractivity contribution in [1.29, 1.82) is 0 Å². The van der Waals surface area contributed by atoms with E-state index >= 15 is 0 Å². The molecular formula is C31H33Cl2N5O5S. The first-order chi connectivity index (χ1) is 21.1. The first-order valence-electron chi connectivity index (χ1n) is 14.7. The van der Waals surface area contributed by atoms with E-state index in [0.717, 1.165) is 52.6 Å². The van der Waals surface area contributed by atoms with Crippen LogP contribution >= 0.6 is 23.2 Å². The molecule has 2 aromatic carbocycles. The number of aryl methyl sites for hydroxylation is 2. The number of carbonyl (C=O) groups is 1. The molecule has 0 amide bonds. The third-order valence-electron chi connectivity index (χ3n) is 8.43. The number of aromatic nitrogens is 4. The van der Waals surface area contributed by atoms with Crippen LogP contribution in [0, 0.1) is 0 Å². The maximum absolute atomic E-state index is 14.0. The van der Waals surface area contributed by atoms with E-state index in [1.807, 2.05) is 25.1 Å². The van der Waals surface area contributed by atoms with Crippen LogP contribution in [0.3, 0.4) is 0 Å². The summed E-state index contributed by atoms with van der Waals surface area (Å²) < 4.78 is 42.5. The number of ether oxygens (including phenoxy) is 2. The maximum Gasteiger partial charge on any atom is 0.306 e. The Balaban J connectivity index is 1.46. The van der Waals surface area contributed by atoms with Crippen molar-refractivity contribution in [2.45, 2.75) is 69.4 Å². The molecule has 2 aliphatic rings. The fourth-order valence-electron chi connectivity index (χ4n) is 6.21. The lowest BCUT2D eigenvalue weighted by atomic mass is 9.85. The van der Waals surface area contributed by atoms with Crippen LogP contribution in [-0.2, 0) is 46.0 Å². The molecule has 0 bridgehead atoms. The van der Waals surface area contributed by atoms with Gasteiger partial charge in [0.1, 0.15) is 16.5 Å². The molecule has 0 saturated heterocycles. The van der Waals surface area contributed by atoms with Gasteiger partial charge in [-0.3, -0.25) is 4.79 Å². The zero-order chi connectivity index (χ0) is 31.2. The van der Waals surface area contributed by atoms with Gasteiger partial charge in [0.2, 0.25) is 15.9 Å². The molecule has 10 nitrogen and oxygen atoms in total. The van der Waals surface area contributed by atoms with Crippen LogP contribution in [0.2, 0.25) is 10.0 Å². The van der Waals surface area contributed by atoms with E-state index < -0.39 is 15.9 Å². The summed E-state index contributed by atoms with van der Waals surface area (Å²) in [4.78, 5) is 17.1. The number of hydrogen-bond acceptors (Lipinski definition) is 8. The molecule has 0 radical (unpaired) electrons. The Morgan fingerprint density at radius 2 is 2.00 bits per heavy atom. The average molecular weight is 659 g/mol. The quantitative estimate of drug-likeness (QED) is 0.225. The molecule has 0 spiro atoms. The van der Waals surface area contributed by atoms with Crippen molar-refractivity contribution in [3.05, 3.63) is 74.4 Å². The van der Waals surface area contributed by atoms with Gasteiger partial charge in [0.15, 0.2) is 0 Å². The molecule has 0 saturated carbocycles. The number of pyridine rings is 1. The second kappa shape index (κ2) is 12.3. The summed E-state index contributed by atoms with van der Waals surface area (Å²) in [5.74, 6) is -0.742. The van der Waals surface area contributed by atoms with Gasteiger partial charge >= 0.3 is 5.97 Å². The van der Waals surface area contributed by atoms with E-state index in [1.165, 1.54) is 16.6 Å². The zero-order valence-electron chi connectivity index (χ0n) is 24.7. The standard InChI is InChI=1S/C31H33Cl2N5O5S/c1-4-22-17-38(44(40,41)27-13-21(32)15-34-31(27)43-22)16-20-12-19(11-18-7-6-8-23(18)20)25(14-28(39)42-5-2)24-9-10-26-30(29(24)33)35-36-37(26)3/h9-13,15,22,25H,4-8,14,16-17H2,1-3H3/t22-,25?/m1/s1. The van der Waals surface area contributed by atoms with Gasteiger partial charge in [0.05, 0.1) is 35.1 Å². The minimum absolute atomic E-state index is 0.0435. The van der Waals surface area contributed by atoms with Crippen molar-refractivity contribution in [3.63, 3.8) is 0 Å². The summed E-state index contributed by atoms with van der Waals surface area (Å²) in [5, 5.41) is 9.00. The summed E-state index contributed by atoms with van der Waals surface area (Å²) >= 11 is 13.1. The highest BCUT2D eigenvalue weighted by atomic mass is 35.5. The smallest absolute Gasteiger partial charge is 0.306 e. The van der Waals surface area contributed by atoms with Crippen LogP contribution in [0.25, 0.3) is 11.0 Å². The van der Waals surface area contributed by atoms with Crippen LogP contribution in [0.15, 0.2) is 41.4 Å². The number of fused-ring (bicyclic) bond motifs is 3. The van der Waals surface area contributed by atoms with Crippen molar-refractivity contribution in [1.82, 2.24) is 24.3 Å². The predicted molar refractivity (Wildman–Crippen MR) is 167 cm³/mol. The van der Waals surface area contributed by atoms with E-state index in [-0.39, 0.29) is 54.0 Å². The van der Waals surface area contributed by atoms with Gasteiger partial charge in [-0.05, 0) is 72.6 Å². The normalized spacial score (nSPS) is 18.3. The van der Waals surface area contributed by atoms with Gasteiger partial charge in [-0.15, -0.1) is 5.10 Å². The first-order valence-corrected chi connectivity index (χ1v) is 16.9. The summed E-state index contributed by atoms with van der Waals surface area (Å²) in [5.41, 5.74) is 6.08. The summed E-state index contributed by atoms with van der Waals surface area (Å²) in [7, 11) is -2.20. The minimum atomic E-state index is -3.99. The summed E-state index contributed by atoms with van der Waals surface area (Å²) in [6.45, 7) is 4.27. The second-order valence-corrected chi connectivity index (χ2v) is 13.9. The number of benzene rings is 2. The Morgan fingerprint density at radius 1 is 1.18 bits per heavy atom. The predicted octanol–water partition coefficient (Wildman–Crippen LogP) is 5.61. The Bertz CT molecular complexity index is 1860. The molecule has 0 N–H and O–H groups in total. The zero-order valence-corrected chi connectivity index (χ0v) is 27.0. The first kappa shape index (κ1) is 30.8. The molecule has 1 aliphatic carbocycles. The van der Waals surface area contributed by atoms with E-state index in [0.29, 0.717) is 17.0 Å². The van der Waals surface area contributed by atoms with Crippen molar-refractivity contribution < 1.29 is 22.7 Å². The highest BCUT2D eigenvalue weighted by Gasteiger charge is 2.36. The summed E-state index contributed by atoms with van der Waals surface area (Å²) in [6.07, 6.45) is 4.31. The molecule has 0 fully saturated rings.